The van der Waals surface area contributed by atoms with Crippen LogP contribution in [0.1, 0.15) is 38.4 Å². The molecule has 1 N–H and O–H groups in total. The molecule has 6 nitrogen and oxygen atoms in total. The molecular weight excluding hydrogens is 268 g/mol. The maximum Gasteiger partial charge on any atom is 0.258 e. The Hall–Kier alpha value is -1.95. The summed E-state index contributed by atoms with van der Waals surface area (Å²) in [6.45, 7) is 5.71. The topological polar surface area (TPSA) is 73.1 Å². The normalized spacial score (nSPS) is 18.3. The summed E-state index contributed by atoms with van der Waals surface area (Å²) in [6.07, 6.45) is 4.27. The highest BCUT2D eigenvalue weighted by atomic mass is 16.5. The minimum Gasteiger partial charge on any atom is -0.376 e. The van der Waals surface area contributed by atoms with Crippen LogP contribution in [0.4, 0.5) is 5.82 Å². The van der Waals surface area contributed by atoms with Crippen LogP contribution in [0, 0.1) is 0 Å². The van der Waals surface area contributed by atoms with Crippen LogP contribution in [0.25, 0.3) is 11.5 Å². The van der Waals surface area contributed by atoms with Gasteiger partial charge < -0.3 is 14.6 Å². The first-order chi connectivity index (χ1) is 10.2. The SMILES string of the molecule is CC(C)c1noc(-c2ccnc(NCC3CCCO3)c2)n1. The van der Waals surface area contributed by atoms with Crippen LogP contribution in [-0.4, -0.2) is 34.4 Å². The third-order valence-corrected chi connectivity index (χ3v) is 3.50. The molecule has 1 unspecified atom stereocenters. The molecule has 1 saturated heterocycles. The Morgan fingerprint density at radius 1 is 1.43 bits per heavy atom. The molecule has 2 aromatic heterocycles. The second-order valence-corrected chi connectivity index (χ2v) is 5.56. The summed E-state index contributed by atoms with van der Waals surface area (Å²) in [7, 11) is 0. The smallest absolute Gasteiger partial charge is 0.258 e. The highest BCUT2D eigenvalue weighted by Gasteiger charge is 2.16. The Kier molecular flexibility index (Phi) is 4.15. The molecule has 0 saturated carbocycles. The highest BCUT2D eigenvalue weighted by molar-refractivity contribution is 5.57. The third kappa shape index (κ3) is 3.39. The molecule has 6 heteroatoms. The maximum absolute atomic E-state index is 5.59. The summed E-state index contributed by atoms with van der Waals surface area (Å²) in [5, 5.41) is 7.28. The van der Waals surface area contributed by atoms with Gasteiger partial charge in [0.15, 0.2) is 5.82 Å². The van der Waals surface area contributed by atoms with Gasteiger partial charge in [0.25, 0.3) is 5.89 Å². The van der Waals surface area contributed by atoms with Crippen LogP contribution in [0.3, 0.4) is 0 Å². The lowest BCUT2D eigenvalue weighted by Gasteiger charge is -2.11. The highest BCUT2D eigenvalue weighted by Crippen LogP contribution is 2.22. The van der Waals surface area contributed by atoms with Crippen LogP contribution in [-0.2, 0) is 4.74 Å². The molecule has 1 aliphatic rings. The Labute approximate surface area is 123 Å². The van der Waals surface area contributed by atoms with E-state index in [1.54, 1.807) is 6.20 Å². The van der Waals surface area contributed by atoms with Crippen LogP contribution < -0.4 is 5.32 Å². The molecule has 112 valence electrons. The molecule has 0 spiro atoms. The van der Waals surface area contributed by atoms with Gasteiger partial charge in [-0.3, -0.25) is 0 Å². The lowest BCUT2D eigenvalue weighted by molar-refractivity contribution is 0.120. The summed E-state index contributed by atoms with van der Waals surface area (Å²) in [4.78, 5) is 8.71. The van der Waals surface area contributed by atoms with Gasteiger partial charge in [0.2, 0.25) is 0 Å². The van der Waals surface area contributed by atoms with Crippen molar-refractivity contribution in [1.29, 1.82) is 0 Å². The molecule has 3 rings (SSSR count). The number of hydrogen-bond acceptors (Lipinski definition) is 6. The molecule has 3 heterocycles. The van der Waals surface area contributed by atoms with E-state index >= 15 is 0 Å². The number of hydrogen-bond donors (Lipinski definition) is 1. The first-order valence-electron chi connectivity index (χ1n) is 7.38. The van der Waals surface area contributed by atoms with Crippen molar-refractivity contribution in [2.24, 2.45) is 0 Å². The number of nitrogens with one attached hydrogen (secondary N) is 1. The van der Waals surface area contributed by atoms with Gasteiger partial charge in [0.1, 0.15) is 5.82 Å². The third-order valence-electron chi connectivity index (χ3n) is 3.50. The number of rotatable bonds is 5. The zero-order chi connectivity index (χ0) is 14.7. The van der Waals surface area contributed by atoms with Crippen molar-refractivity contribution < 1.29 is 9.26 Å². The van der Waals surface area contributed by atoms with Crippen molar-refractivity contribution >= 4 is 5.82 Å². The molecule has 1 fully saturated rings. The van der Waals surface area contributed by atoms with Crippen molar-refractivity contribution in [3.8, 4) is 11.5 Å². The predicted molar refractivity (Wildman–Crippen MR) is 79.1 cm³/mol. The summed E-state index contributed by atoms with van der Waals surface area (Å²) >= 11 is 0. The van der Waals surface area contributed by atoms with E-state index in [2.05, 4.69) is 20.4 Å². The molecular formula is C15H20N4O2. The fourth-order valence-electron chi connectivity index (χ4n) is 2.27. The van der Waals surface area contributed by atoms with Crippen LogP contribution in [0.15, 0.2) is 22.9 Å². The monoisotopic (exact) mass is 288 g/mol. The van der Waals surface area contributed by atoms with E-state index in [4.69, 9.17) is 9.26 Å². The fourth-order valence-corrected chi connectivity index (χ4v) is 2.27. The molecule has 0 aliphatic carbocycles. The van der Waals surface area contributed by atoms with Gasteiger partial charge >= 0.3 is 0 Å². The van der Waals surface area contributed by atoms with Gasteiger partial charge in [-0.2, -0.15) is 4.98 Å². The van der Waals surface area contributed by atoms with Gasteiger partial charge in [0, 0.05) is 30.8 Å². The lowest BCUT2D eigenvalue weighted by atomic mass is 10.2. The molecule has 21 heavy (non-hydrogen) atoms. The molecule has 0 bridgehead atoms. The zero-order valence-electron chi connectivity index (χ0n) is 12.4. The van der Waals surface area contributed by atoms with E-state index < -0.39 is 0 Å². The zero-order valence-corrected chi connectivity index (χ0v) is 12.4. The van der Waals surface area contributed by atoms with Crippen molar-refractivity contribution in [2.75, 3.05) is 18.5 Å². The molecule has 1 aliphatic heterocycles. The van der Waals surface area contributed by atoms with E-state index in [-0.39, 0.29) is 12.0 Å². The summed E-state index contributed by atoms with van der Waals surface area (Å²) in [5.41, 5.74) is 0.874. The maximum atomic E-state index is 5.59. The van der Waals surface area contributed by atoms with Crippen LogP contribution in [0.5, 0.6) is 0 Å². The number of pyridine rings is 1. The molecule has 0 amide bonds. The van der Waals surface area contributed by atoms with Crippen molar-refractivity contribution in [2.45, 2.75) is 38.7 Å². The minimum atomic E-state index is 0.251. The molecule has 1 atom stereocenters. The van der Waals surface area contributed by atoms with Crippen molar-refractivity contribution in [3.63, 3.8) is 0 Å². The Morgan fingerprint density at radius 3 is 3.05 bits per heavy atom. The van der Waals surface area contributed by atoms with Gasteiger partial charge in [-0.25, -0.2) is 4.98 Å². The number of anilines is 1. The minimum absolute atomic E-state index is 0.251. The molecule has 0 radical (unpaired) electrons. The van der Waals surface area contributed by atoms with E-state index in [0.29, 0.717) is 5.89 Å². The quantitative estimate of drug-likeness (QED) is 0.912. The van der Waals surface area contributed by atoms with Gasteiger partial charge in [0.05, 0.1) is 6.10 Å². The predicted octanol–water partition coefficient (Wildman–Crippen LogP) is 2.85. The largest absolute Gasteiger partial charge is 0.376 e. The van der Waals surface area contributed by atoms with E-state index in [1.165, 1.54) is 0 Å². The Morgan fingerprint density at radius 2 is 2.33 bits per heavy atom. The van der Waals surface area contributed by atoms with Gasteiger partial charge in [-0.05, 0) is 25.0 Å². The molecule has 0 aromatic carbocycles. The average molecular weight is 288 g/mol. The lowest BCUT2D eigenvalue weighted by Crippen LogP contribution is -2.18. The average Bonchev–Trinajstić information content (AvgIpc) is 3.17. The summed E-state index contributed by atoms with van der Waals surface area (Å²) in [6, 6.07) is 3.79. The Balaban J connectivity index is 1.69. The van der Waals surface area contributed by atoms with Crippen LogP contribution in [0.2, 0.25) is 0 Å². The summed E-state index contributed by atoms with van der Waals surface area (Å²) < 4.78 is 10.9. The Bertz CT molecular complexity index is 591. The first kappa shape index (κ1) is 14.0. The second-order valence-electron chi connectivity index (χ2n) is 5.56. The van der Waals surface area contributed by atoms with E-state index in [1.807, 2.05) is 26.0 Å². The first-order valence-corrected chi connectivity index (χ1v) is 7.38. The van der Waals surface area contributed by atoms with E-state index in [0.717, 1.165) is 43.2 Å². The second kappa shape index (κ2) is 6.22. The van der Waals surface area contributed by atoms with E-state index in [9.17, 15) is 0 Å². The van der Waals surface area contributed by atoms with Crippen LogP contribution >= 0.6 is 0 Å². The van der Waals surface area contributed by atoms with Gasteiger partial charge in [-0.15, -0.1) is 0 Å². The summed E-state index contributed by atoms with van der Waals surface area (Å²) in [5.74, 6) is 2.30. The fraction of sp³-hybridized carbons (Fsp3) is 0.533. The van der Waals surface area contributed by atoms with Crippen molar-refractivity contribution in [3.05, 3.63) is 24.2 Å². The van der Waals surface area contributed by atoms with Gasteiger partial charge in [-0.1, -0.05) is 19.0 Å². The van der Waals surface area contributed by atoms with Crippen molar-refractivity contribution in [1.82, 2.24) is 15.1 Å². The number of aromatic nitrogens is 3. The number of nitrogens with zero attached hydrogens (tertiary/aromatic N) is 3. The number of ether oxygens (including phenoxy) is 1. The standard InChI is InChI=1S/C15H20N4O2/c1-10(2)14-18-15(21-19-14)11-5-6-16-13(8-11)17-9-12-4-3-7-20-12/h5-6,8,10,12H,3-4,7,9H2,1-2H3,(H,16,17). The molecule has 2 aromatic rings.